The molecule has 0 saturated heterocycles. The average Bonchev–Trinajstić information content (AvgIpc) is 0.860. The number of carboxylic acid groups (broad SMARTS) is 1. The first-order valence-electron chi connectivity index (χ1n) is 37.1. The van der Waals surface area contributed by atoms with Gasteiger partial charge in [0.2, 0.25) is 106 Å². The fourth-order valence-corrected chi connectivity index (χ4v) is 10.6. The van der Waals surface area contributed by atoms with Gasteiger partial charge in [0.1, 0.15) is 78.0 Å². The van der Waals surface area contributed by atoms with Crippen molar-refractivity contribution >= 4 is 137 Å². The number of carboxylic acids is 1. The van der Waals surface area contributed by atoms with Gasteiger partial charge in [-0.25, -0.2) is 0 Å². The number of nitrogens with one attached hydrogen (secondary N) is 20. The number of carbonyl (C=O) groups is 19. The summed E-state index contributed by atoms with van der Waals surface area (Å²) in [7, 11) is 0. The van der Waals surface area contributed by atoms with Crippen molar-refractivity contribution in [2.45, 2.75) is 171 Å². The first kappa shape index (κ1) is 102. The monoisotopic (exact) mass is 1700 g/mol. The number of primary amides is 2. The van der Waals surface area contributed by atoms with E-state index >= 15 is 0 Å². The first-order chi connectivity index (χ1) is 55.9. The third-order valence-corrected chi connectivity index (χ3v) is 17.1. The summed E-state index contributed by atoms with van der Waals surface area (Å²) in [6.45, 7) is 2.56. The molecule has 0 aliphatic carbocycles. The number of aliphatic hydroxyl groups excluding tert-OH is 1. The smallest absolute Gasteiger partial charge is 0.303 e. The fourth-order valence-electron chi connectivity index (χ4n) is 10.4. The van der Waals surface area contributed by atoms with Crippen LogP contribution in [0.2, 0.25) is 0 Å². The quantitative estimate of drug-likeness (QED) is 0.0127. The molecule has 0 unspecified atom stereocenters. The summed E-state index contributed by atoms with van der Waals surface area (Å²) in [6, 6.07) is -6.70. The molecule has 0 fully saturated rings. The van der Waals surface area contributed by atoms with Gasteiger partial charge in [0.25, 0.3) is 0 Å². The maximum Gasteiger partial charge on any atom is 0.303 e. The highest BCUT2D eigenvalue weighted by Gasteiger charge is 2.36. The third-order valence-electron chi connectivity index (χ3n) is 16.8. The molecule has 2 rings (SSSR count). The van der Waals surface area contributed by atoms with E-state index in [9.17, 15) is 112 Å². The Morgan fingerprint density at radius 1 is 0.387 bits per heavy atom. The molecule has 49 heteroatoms. The van der Waals surface area contributed by atoms with Gasteiger partial charge in [-0.1, -0.05) is 38.1 Å². The Labute approximate surface area is 687 Å². The predicted octanol–water partition coefficient (Wildman–Crippen LogP) is -12.1. The number of nitrogens with two attached hydrogens (primary N) is 5. The number of aliphatic hydroxyl groups is 1. The molecule has 48 nitrogen and oxygen atoms in total. The van der Waals surface area contributed by atoms with E-state index in [1.807, 2.05) is 13.8 Å². The Morgan fingerprint density at radius 3 is 1.13 bits per heavy atom. The molecule has 0 saturated carbocycles. The molecule has 0 aromatic heterocycles. The molecule has 2 aromatic carbocycles. The number of rotatable bonds is 54. The molecule has 0 aliphatic heterocycles. The Bertz CT molecular complexity index is 3920. The lowest BCUT2D eigenvalue weighted by molar-refractivity contribution is -0.138. The van der Waals surface area contributed by atoms with E-state index in [4.69, 9.17) is 39.5 Å². The minimum atomic E-state index is -1.83. The van der Waals surface area contributed by atoms with Crippen molar-refractivity contribution in [3.05, 3.63) is 59.7 Å². The van der Waals surface area contributed by atoms with Gasteiger partial charge in [-0.05, 0) is 101 Å². The Morgan fingerprint density at radius 2 is 0.723 bits per heavy atom. The summed E-state index contributed by atoms with van der Waals surface area (Å²) in [5.41, 5.74) is 28.4. The Balaban J connectivity index is 1.99. The van der Waals surface area contributed by atoms with Crippen LogP contribution in [0.3, 0.4) is 0 Å². The summed E-state index contributed by atoms with van der Waals surface area (Å²) >= 11 is 4.12. The Kier molecular flexibility index (Phi) is 45.5. The van der Waals surface area contributed by atoms with Crippen LogP contribution in [0.5, 0.6) is 11.5 Å². The highest BCUT2D eigenvalue weighted by molar-refractivity contribution is 7.80. The molecule has 0 spiro atoms. The van der Waals surface area contributed by atoms with Crippen LogP contribution in [0.4, 0.5) is 0 Å². The molecule has 34 N–H and O–H groups in total. The van der Waals surface area contributed by atoms with Crippen LogP contribution in [0.15, 0.2) is 48.5 Å². The van der Waals surface area contributed by atoms with Crippen molar-refractivity contribution in [3.63, 3.8) is 0 Å². The maximum absolute atomic E-state index is 13.9. The highest BCUT2D eigenvalue weighted by Crippen LogP contribution is 2.15. The molecule has 658 valence electrons. The van der Waals surface area contributed by atoms with Crippen LogP contribution in [0, 0.1) is 16.7 Å². The van der Waals surface area contributed by atoms with Crippen LogP contribution in [0.25, 0.3) is 0 Å². The summed E-state index contributed by atoms with van der Waals surface area (Å²) in [6.07, 6.45) is -2.48. The van der Waals surface area contributed by atoms with E-state index in [-0.39, 0.29) is 75.0 Å². The van der Waals surface area contributed by atoms with Gasteiger partial charge in [0.15, 0.2) is 11.9 Å². The number of aromatic hydroxyl groups is 2. The number of hydrogen-bond donors (Lipinski definition) is 30. The lowest BCUT2D eigenvalue weighted by Crippen LogP contribution is -2.60. The van der Waals surface area contributed by atoms with Crippen LogP contribution < -0.4 is 124 Å². The normalized spacial score (nSPS) is 13.8. The van der Waals surface area contributed by atoms with Crippen LogP contribution in [0.1, 0.15) is 97.1 Å². The lowest BCUT2D eigenvalue weighted by Gasteiger charge is -2.26. The van der Waals surface area contributed by atoms with Gasteiger partial charge in [-0.2, -0.15) is 12.6 Å². The van der Waals surface area contributed by atoms with Crippen molar-refractivity contribution in [1.82, 2.24) is 95.7 Å². The number of thiol groups is 1. The topological polar surface area (TPSA) is 800 Å². The second-order valence-electron chi connectivity index (χ2n) is 27.4. The molecular weight excluding hydrogens is 1590 g/mol. The van der Waals surface area contributed by atoms with E-state index in [1.165, 1.54) is 62.4 Å². The molecule has 0 aliphatic rings. The molecule has 0 heterocycles. The van der Waals surface area contributed by atoms with Gasteiger partial charge >= 0.3 is 5.97 Å². The van der Waals surface area contributed by atoms with Crippen molar-refractivity contribution in [2.24, 2.45) is 34.6 Å². The number of carbonyl (C=O) groups excluding carboxylic acids is 18. The summed E-state index contributed by atoms with van der Waals surface area (Å²) in [4.78, 5) is 248. The highest BCUT2D eigenvalue weighted by atomic mass is 32.1. The van der Waals surface area contributed by atoms with Gasteiger partial charge in [0, 0.05) is 38.1 Å². The molecule has 18 amide bonds. The molecule has 0 radical (unpaired) electrons. The summed E-state index contributed by atoms with van der Waals surface area (Å²) in [5.74, 6) is -20.9. The van der Waals surface area contributed by atoms with Crippen LogP contribution in [-0.4, -0.2) is 275 Å². The number of phenolic OH excluding ortho intramolecular Hbond substituents is 2. The lowest BCUT2D eigenvalue weighted by atomic mass is 10.0. The molecule has 0 bridgehead atoms. The van der Waals surface area contributed by atoms with E-state index in [1.54, 1.807) is 0 Å². The largest absolute Gasteiger partial charge is 0.508 e. The summed E-state index contributed by atoms with van der Waals surface area (Å²) in [5, 5.41) is 95.6. The number of amides is 18. The molecule has 2 aromatic rings. The minimum absolute atomic E-state index is 0.00155. The van der Waals surface area contributed by atoms with Crippen LogP contribution >= 0.6 is 12.6 Å². The zero-order valence-corrected chi connectivity index (χ0v) is 66.8. The zero-order valence-electron chi connectivity index (χ0n) is 65.9. The second kappa shape index (κ2) is 53.1. The average molecular weight is 1700 g/mol. The minimum Gasteiger partial charge on any atom is -0.508 e. The second-order valence-corrected chi connectivity index (χ2v) is 27.7. The van der Waals surface area contributed by atoms with Gasteiger partial charge in [0.05, 0.1) is 51.8 Å². The first-order valence-corrected chi connectivity index (χ1v) is 37.7. The van der Waals surface area contributed by atoms with E-state index in [0.29, 0.717) is 17.5 Å². The van der Waals surface area contributed by atoms with Crippen LogP contribution in [-0.2, 0) is 104 Å². The van der Waals surface area contributed by atoms with Crippen molar-refractivity contribution in [3.8, 4) is 11.5 Å². The standard InChI is InChI=1S/C70H109N25O23S/c1-33(2)22-41(71)61(111)92-45(23-37-10-14-39(97)15-11-37)65(115)90-42(8-6-20-78-69(74)75)62(112)86-35(4)59(109)84-30-54(103)85-34(3)58(108)83-28-53(102)81-26-51(100)80-27-52(101)82-29-55(104)88-47(25-50(72)99)67(117)95-49(32-119)68(118)91-43(9-7-21-79-70(76)77)63(113)87-36(5)60(110)89-44(18-19-56(105)106)64(114)93-46(24-38-12-16-40(98)17-13-38)66(116)94-48(31-96)57(73)107/h10-17,33-36,41-49,96-98,119H,6-9,18-32,71H2,1-5H3,(H2,72,99)(H2,73,107)(H,80,100)(H,81,102)(H,82,101)(H,83,108)(H,84,109)(H,85,103)(H,86,112)(H,87,113)(H,88,104)(H,89,110)(H,90,115)(H,91,118)(H,92,111)(H,93,114)(H,94,116)(H,95,117)(H,105,106)(H4,74,75,78)(H4,76,77,79)/t34-,35-,36-,41-,42-,43-,44-,45-,46-,47-,48-,49-/m0/s1. The van der Waals surface area contributed by atoms with Gasteiger partial charge in [-0.15, -0.1) is 0 Å². The number of benzene rings is 2. The zero-order chi connectivity index (χ0) is 89.8. The molecule has 119 heavy (non-hydrogen) atoms. The van der Waals surface area contributed by atoms with E-state index in [2.05, 4.69) is 108 Å². The third kappa shape index (κ3) is 41.8. The van der Waals surface area contributed by atoms with E-state index < -0.39 is 255 Å². The maximum atomic E-state index is 13.9. The number of aliphatic carboxylic acids is 1. The van der Waals surface area contributed by atoms with Gasteiger partial charge < -0.3 is 145 Å². The van der Waals surface area contributed by atoms with Crippen molar-refractivity contribution in [1.29, 1.82) is 10.8 Å². The van der Waals surface area contributed by atoms with Crippen molar-refractivity contribution < 1.29 is 112 Å². The number of guanidine groups is 2. The van der Waals surface area contributed by atoms with E-state index in [0.717, 1.165) is 6.92 Å². The van der Waals surface area contributed by atoms with Crippen molar-refractivity contribution in [2.75, 3.05) is 58.2 Å². The predicted molar refractivity (Wildman–Crippen MR) is 423 cm³/mol. The fraction of sp³-hybridized carbons (Fsp3) is 0.529. The number of hydrogen-bond acceptors (Lipinski definition) is 26. The van der Waals surface area contributed by atoms with Gasteiger partial charge in [-0.3, -0.25) is 102 Å². The molecular formula is C70H109N25O23S. The Hall–Kier alpha value is -13.2. The number of phenols is 2. The molecule has 12 atom stereocenters. The SMILES string of the molecule is CC(C)C[C@H](N)C(=O)N[C@@H](Cc1ccc(O)cc1)C(=O)N[C@@H](CCCNC(=N)N)C(=O)N[C@@H](C)C(=O)NCC(=O)N[C@@H](C)C(=O)NCC(=O)NCC(=O)NCC(=O)NCC(=O)N[C@@H](CC(N)=O)C(=O)N[C@@H](CS)C(=O)N[C@@H](CCCNC(=N)N)C(=O)N[C@@H](C)C(=O)N[C@@H](CCC(=O)O)C(=O)N[C@@H](Cc1ccc(O)cc1)C(=O)N[C@@H](CO)C(N)=O. The summed E-state index contributed by atoms with van der Waals surface area (Å²) < 4.78 is 0.